The number of fused-ring (bicyclic) bond motifs is 1. The van der Waals surface area contributed by atoms with Gasteiger partial charge in [0.05, 0.1) is 11.4 Å². The summed E-state index contributed by atoms with van der Waals surface area (Å²) in [5.74, 6) is 1.92. The number of pyridine rings is 2. The maximum atomic E-state index is 4.94. The average Bonchev–Trinajstić information content (AvgIpc) is 3.24. The number of aromatic nitrogens is 5. The molecular weight excluding hydrogens is 635 g/mol. The van der Waals surface area contributed by atoms with E-state index in [9.17, 15) is 0 Å². The molecule has 244 valence electrons. The zero-order chi connectivity index (χ0) is 34.7. The molecule has 9 rings (SSSR count). The predicted octanol–water partition coefficient (Wildman–Crippen LogP) is 11.5. The van der Waals surface area contributed by atoms with Gasteiger partial charge in [0.25, 0.3) is 0 Å². The highest BCUT2D eigenvalue weighted by molar-refractivity contribution is 6.00. The second-order valence-electron chi connectivity index (χ2n) is 12.6. The van der Waals surface area contributed by atoms with E-state index >= 15 is 0 Å². The van der Waals surface area contributed by atoms with Gasteiger partial charge in [-0.25, -0.2) is 15.0 Å². The minimum Gasteiger partial charge on any atom is -0.256 e. The van der Waals surface area contributed by atoms with Gasteiger partial charge in [-0.2, -0.15) is 0 Å². The maximum Gasteiger partial charge on any atom is 0.164 e. The van der Waals surface area contributed by atoms with Gasteiger partial charge < -0.3 is 0 Å². The molecule has 3 heterocycles. The fourth-order valence-corrected chi connectivity index (χ4v) is 6.61. The lowest BCUT2D eigenvalue weighted by Gasteiger charge is -2.14. The lowest BCUT2D eigenvalue weighted by molar-refractivity contribution is 1.07. The minimum atomic E-state index is 0.631. The van der Waals surface area contributed by atoms with E-state index in [0.717, 1.165) is 61.5 Å². The number of rotatable bonds is 7. The Labute approximate surface area is 302 Å². The first-order valence-electron chi connectivity index (χ1n) is 17.2. The molecule has 0 saturated heterocycles. The normalized spacial score (nSPS) is 11.1. The third-order valence-corrected chi connectivity index (χ3v) is 9.20. The molecule has 5 heteroatoms. The Balaban J connectivity index is 1.16. The van der Waals surface area contributed by atoms with Crippen molar-refractivity contribution in [2.75, 3.05) is 0 Å². The van der Waals surface area contributed by atoms with Crippen LogP contribution in [0.4, 0.5) is 0 Å². The Kier molecular flexibility index (Phi) is 8.12. The molecule has 0 radical (unpaired) electrons. The highest BCUT2D eigenvalue weighted by atomic mass is 15.0. The van der Waals surface area contributed by atoms with Gasteiger partial charge in [-0.3, -0.25) is 9.97 Å². The van der Waals surface area contributed by atoms with Crippen molar-refractivity contribution in [2.24, 2.45) is 0 Å². The fraction of sp³-hybridized carbons (Fsp3) is 0. The standard InChI is InChI=1S/C47H31N5/c1-3-13-33(14-4-1)45-50-46(34-15-5-2-6-16-34)52-47(51-45)35-23-21-32(22-24-35)42-31-38(27-36-17-7-8-18-41(36)42)37-28-39(43-19-9-11-25-48-43)30-40(29-37)44-20-10-12-26-49-44/h1-31H. The molecule has 0 bridgehead atoms. The summed E-state index contributed by atoms with van der Waals surface area (Å²) in [5.41, 5.74) is 11.2. The molecule has 0 aliphatic rings. The summed E-state index contributed by atoms with van der Waals surface area (Å²) in [6, 6.07) is 60.4. The molecule has 0 atom stereocenters. The van der Waals surface area contributed by atoms with E-state index in [1.165, 1.54) is 10.8 Å². The highest BCUT2D eigenvalue weighted by Gasteiger charge is 2.15. The van der Waals surface area contributed by atoms with Crippen LogP contribution in [-0.4, -0.2) is 24.9 Å². The summed E-state index contributed by atoms with van der Waals surface area (Å²) in [6.07, 6.45) is 3.67. The van der Waals surface area contributed by atoms with Crippen LogP contribution in [0.3, 0.4) is 0 Å². The van der Waals surface area contributed by atoms with E-state index in [1.54, 1.807) is 0 Å². The molecule has 0 saturated carbocycles. The molecule has 9 aromatic rings. The van der Waals surface area contributed by atoms with Crippen molar-refractivity contribution in [2.45, 2.75) is 0 Å². The van der Waals surface area contributed by atoms with Crippen LogP contribution in [0.15, 0.2) is 188 Å². The Morgan fingerprint density at radius 3 is 1.27 bits per heavy atom. The molecule has 0 spiro atoms. The Bertz CT molecular complexity index is 2530. The smallest absolute Gasteiger partial charge is 0.164 e. The van der Waals surface area contributed by atoms with E-state index in [4.69, 9.17) is 15.0 Å². The Morgan fingerprint density at radius 2 is 0.731 bits per heavy atom. The van der Waals surface area contributed by atoms with Crippen LogP contribution in [-0.2, 0) is 0 Å². The highest BCUT2D eigenvalue weighted by Crippen LogP contribution is 2.38. The van der Waals surface area contributed by atoms with Crippen LogP contribution in [0.1, 0.15) is 0 Å². The first kappa shape index (κ1) is 30.9. The second kappa shape index (κ2) is 13.7. The van der Waals surface area contributed by atoms with Gasteiger partial charge in [0.2, 0.25) is 0 Å². The van der Waals surface area contributed by atoms with Crippen molar-refractivity contribution in [3.05, 3.63) is 188 Å². The van der Waals surface area contributed by atoms with E-state index < -0.39 is 0 Å². The lowest BCUT2D eigenvalue weighted by atomic mass is 9.90. The summed E-state index contributed by atoms with van der Waals surface area (Å²) >= 11 is 0. The van der Waals surface area contributed by atoms with Gasteiger partial charge in [0.15, 0.2) is 17.5 Å². The summed E-state index contributed by atoms with van der Waals surface area (Å²) in [6.45, 7) is 0. The van der Waals surface area contributed by atoms with Gasteiger partial charge in [0.1, 0.15) is 0 Å². The van der Waals surface area contributed by atoms with Crippen LogP contribution < -0.4 is 0 Å². The number of hydrogen-bond donors (Lipinski definition) is 0. The van der Waals surface area contributed by atoms with Crippen molar-refractivity contribution >= 4 is 10.8 Å². The molecular formula is C47H31N5. The molecule has 3 aromatic heterocycles. The molecule has 0 fully saturated rings. The molecule has 5 nitrogen and oxygen atoms in total. The molecule has 0 aliphatic heterocycles. The first-order chi connectivity index (χ1) is 25.7. The molecule has 0 N–H and O–H groups in total. The number of benzene rings is 6. The first-order valence-corrected chi connectivity index (χ1v) is 17.2. The van der Waals surface area contributed by atoms with Crippen LogP contribution in [0, 0.1) is 0 Å². The quantitative estimate of drug-likeness (QED) is 0.169. The van der Waals surface area contributed by atoms with Gasteiger partial charge in [-0.1, -0.05) is 121 Å². The molecule has 0 unspecified atom stereocenters. The summed E-state index contributed by atoms with van der Waals surface area (Å²) in [4.78, 5) is 24.1. The van der Waals surface area contributed by atoms with E-state index in [-0.39, 0.29) is 0 Å². The Hall–Kier alpha value is -7.11. The van der Waals surface area contributed by atoms with Crippen molar-refractivity contribution < 1.29 is 0 Å². The minimum absolute atomic E-state index is 0.631. The zero-order valence-electron chi connectivity index (χ0n) is 28.1. The fourth-order valence-electron chi connectivity index (χ4n) is 6.61. The van der Waals surface area contributed by atoms with Gasteiger partial charge in [0, 0.05) is 40.2 Å². The summed E-state index contributed by atoms with van der Waals surface area (Å²) in [5, 5.41) is 2.35. The van der Waals surface area contributed by atoms with Crippen molar-refractivity contribution in [1.29, 1.82) is 0 Å². The molecule has 6 aromatic carbocycles. The summed E-state index contributed by atoms with van der Waals surface area (Å²) < 4.78 is 0. The van der Waals surface area contributed by atoms with Gasteiger partial charge in [-0.15, -0.1) is 0 Å². The van der Waals surface area contributed by atoms with Crippen LogP contribution in [0.2, 0.25) is 0 Å². The summed E-state index contributed by atoms with van der Waals surface area (Å²) in [7, 11) is 0. The van der Waals surface area contributed by atoms with Gasteiger partial charge in [-0.05, 0) is 87.6 Å². The van der Waals surface area contributed by atoms with Crippen molar-refractivity contribution in [3.63, 3.8) is 0 Å². The molecule has 0 amide bonds. The van der Waals surface area contributed by atoms with Crippen LogP contribution >= 0.6 is 0 Å². The zero-order valence-corrected chi connectivity index (χ0v) is 28.1. The molecule has 0 aliphatic carbocycles. The van der Waals surface area contributed by atoms with Crippen LogP contribution in [0.5, 0.6) is 0 Å². The monoisotopic (exact) mass is 665 g/mol. The second-order valence-corrected chi connectivity index (χ2v) is 12.6. The van der Waals surface area contributed by atoms with Crippen molar-refractivity contribution in [3.8, 4) is 78.9 Å². The Morgan fingerprint density at radius 1 is 0.288 bits per heavy atom. The topological polar surface area (TPSA) is 64.5 Å². The van der Waals surface area contributed by atoms with E-state index in [0.29, 0.717) is 17.5 Å². The third kappa shape index (κ3) is 6.23. The number of hydrogen-bond acceptors (Lipinski definition) is 5. The number of nitrogens with zero attached hydrogens (tertiary/aromatic N) is 5. The predicted molar refractivity (Wildman–Crippen MR) is 211 cm³/mol. The third-order valence-electron chi connectivity index (χ3n) is 9.20. The van der Waals surface area contributed by atoms with E-state index in [2.05, 4.69) is 88.8 Å². The largest absolute Gasteiger partial charge is 0.256 e. The lowest BCUT2D eigenvalue weighted by Crippen LogP contribution is -2.00. The maximum absolute atomic E-state index is 4.94. The van der Waals surface area contributed by atoms with Gasteiger partial charge >= 0.3 is 0 Å². The SMILES string of the molecule is c1ccc(-c2nc(-c3ccccc3)nc(-c3ccc(-c4cc(-c5cc(-c6ccccn6)cc(-c6ccccn6)c5)cc5ccccc45)cc3)n2)cc1. The average molecular weight is 666 g/mol. The van der Waals surface area contributed by atoms with Crippen LogP contribution in [0.25, 0.3) is 89.7 Å². The molecule has 52 heavy (non-hydrogen) atoms. The van der Waals surface area contributed by atoms with Crippen molar-refractivity contribution in [1.82, 2.24) is 24.9 Å². The van der Waals surface area contributed by atoms with E-state index in [1.807, 2.05) is 109 Å².